The summed E-state index contributed by atoms with van der Waals surface area (Å²) in [5, 5.41) is 7.00. The van der Waals surface area contributed by atoms with Gasteiger partial charge in [-0.2, -0.15) is 13.2 Å². The number of alkyl halides is 3. The van der Waals surface area contributed by atoms with Gasteiger partial charge in [-0.1, -0.05) is 19.1 Å². The van der Waals surface area contributed by atoms with Crippen molar-refractivity contribution in [2.45, 2.75) is 32.5 Å². The van der Waals surface area contributed by atoms with Gasteiger partial charge in [0.1, 0.15) is 5.82 Å². The second-order valence-electron chi connectivity index (χ2n) is 7.28. The van der Waals surface area contributed by atoms with E-state index in [0.29, 0.717) is 11.1 Å². The quantitative estimate of drug-likeness (QED) is 0.807. The first-order valence-corrected chi connectivity index (χ1v) is 8.34. The number of carbonyl (C=O) groups is 1. The van der Waals surface area contributed by atoms with E-state index in [1.54, 1.807) is 0 Å². The van der Waals surface area contributed by atoms with Gasteiger partial charge in [0, 0.05) is 19.1 Å². The number of rotatable bonds is 2. The van der Waals surface area contributed by atoms with E-state index in [9.17, 15) is 22.4 Å². The van der Waals surface area contributed by atoms with E-state index in [2.05, 4.69) is 10.3 Å². The lowest BCUT2D eigenvalue weighted by Gasteiger charge is -2.42. The number of amides is 1. The Bertz CT molecular complexity index is 844. The molecule has 0 aliphatic carbocycles. The number of hydrogen-bond acceptors (Lipinski definition) is 4. The molecule has 0 radical (unpaired) electrons. The molecule has 1 aliphatic heterocycles. The maximum Gasteiger partial charge on any atom is 0.435 e. The minimum Gasteiger partial charge on any atom is -0.337 e. The van der Waals surface area contributed by atoms with Crippen molar-refractivity contribution in [3.63, 3.8) is 0 Å². The zero-order valence-corrected chi connectivity index (χ0v) is 14.8. The summed E-state index contributed by atoms with van der Waals surface area (Å²) in [5.41, 5.74) is 3.48. The molecule has 1 aliphatic rings. The van der Waals surface area contributed by atoms with Gasteiger partial charge in [0.15, 0.2) is 11.4 Å². The first kappa shape index (κ1) is 19.3. The van der Waals surface area contributed by atoms with Crippen LogP contribution in [0.5, 0.6) is 0 Å². The van der Waals surface area contributed by atoms with Crippen LogP contribution in [0.15, 0.2) is 24.3 Å². The van der Waals surface area contributed by atoms with Crippen LogP contribution >= 0.6 is 0 Å². The van der Waals surface area contributed by atoms with Crippen LogP contribution in [0.4, 0.5) is 17.6 Å². The third-order valence-corrected chi connectivity index (χ3v) is 4.81. The second kappa shape index (κ2) is 6.59. The molecule has 1 unspecified atom stereocenters. The van der Waals surface area contributed by atoms with Gasteiger partial charge in [-0.25, -0.2) is 9.07 Å². The van der Waals surface area contributed by atoms with E-state index in [1.807, 2.05) is 13.8 Å². The average molecular weight is 385 g/mol. The molecule has 146 valence electrons. The predicted molar refractivity (Wildman–Crippen MR) is 88.6 cm³/mol. The molecule has 1 saturated heterocycles. The fourth-order valence-electron chi connectivity index (χ4n) is 3.14. The zero-order valence-electron chi connectivity index (χ0n) is 14.8. The molecule has 0 spiro atoms. The van der Waals surface area contributed by atoms with Crippen LogP contribution in [0.1, 0.15) is 36.5 Å². The minimum absolute atomic E-state index is 0.0451. The van der Waals surface area contributed by atoms with E-state index < -0.39 is 34.7 Å². The predicted octanol–water partition coefficient (Wildman–Crippen LogP) is 2.62. The number of carbonyl (C=O) groups excluding carboxylic acids is 1. The van der Waals surface area contributed by atoms with Crippen LogP contribution in [0.2, 0.25) is 0 Å². The van der Waals surface area contributed by atoms with Gasteiger partial charge in [0.05, 0.1) is 5.69 Å². The highest BCUT2D eigenvalue weighted by Gasteiger charge is 2.44. The molecule has 2 heterocycles. The van der Waals surface area contributed by atoms with Crippen LogP contribution in [0, 0.1) is 11.2 Å². The van der Waals surface area contributed by atoms with Crippen LogP contribution in [-0.2, 0) is 6.18 Å². The SMILES string of the molecule is CC1(C)CN(C(=O)c2nnn(-c3ccc(F)cc3)c2C(F)(F)F)CCC1N. The van der Waals surface area contributed by atoms with Gasteiger partial charge in [-0.05, 0) is 36.1 Å². The summed E-state index contributed by atoms with van der Waals surface area (Å²) in [6.07, 6.45) is -4.39. The fourth-order valence-corrected chi connectivity index (χ4v) is 3.14. The fraction of sp³-hybridized carbons (Fsp3) is 0.471. The van der Waals surface area contributed by atoms with Crippen molar-refractivity contribution >= 4 is 5.91 Å². The van der Waals surface area contributed by atoms with Crippen LogP contribution in [-0.4, -0.2) is 44.9 Å². The highest BCUT2D eigenvalue weighted by Crippen LogP contribution is 2.34. The molecule has 0 saturated carbocycles. The van der Waals surface area contributed by atoms with Gasteiger partial charge in [0.25, 0.3) is 5.91 Å². The first-order chi connectivity index (χ1) is 12.5. The van der Waals surface area contributed by atoms with Gasteiger partial charge >= 0.3 is 6.18 Å². The van der Waals surface area contributed by atoms with Gasteiger partial charge in [-0.15, -0.1) is 5.10 Å². The summed E-state index contributed by atoms with van der Waals surface area (Å²) in [4.78, 5) is 14.1. The van der Waals surface area contributed by atoms with Crippen molar-refractivity contribution in [1.29, 1.82) is 0 Å². The molecule has 1 aromatic carbocycles. The summed E-state index contributed by atoms with van der Waals surface area (Å²) >= 11 is 0. The Labute approximate surface area is 152 Å². The molecule has 1 amide bonds. The molecule has 2 N–H and O–H groups in total. The maximum absolute atomic E-state index is 13.7. The number of nitrogens with two attached hydrogens (primary N) is 1. The Hall–Kier alpha value is -2.49. The van der Waals surface area contributed by atoms with Crippen molar-refractivity contribution in [2.24, 2.45) is 11.1 Å². The Kier molecular flexibility index (Phi) is 4.71. The number of piperidine rings is 1. The number of nitrogens with zero attached hydrogens (tertiary/aromatic N) is 4. The van der Waals surface area contributed by atoms with Crippen LogP contribution in [0.3, 0.4) is 0 Å². The standard InChI is InChI=1S/C17H19F4N5O/c1-16(2)9-25(8-7-12(16)22)15(27)13-14(17(19,20)21)26(24-23-13)11-5-3-10(18)4-6-11/h3-6,12H,7-9,22H2,1-2H3. The third kappa shape index (κ3) is 3.66. The Balaban J connectivity index is 2.01. The van der Waals surface area contributed by atoms with Crippen molar-refractivity contribution < 1.29 is 22.4 Å². The molecule has 0 bridgehead atoms. The molecule has 1 aromatic heterocycles. The lowest BCUT2D eigenvalue weighted by molar-refractivity contribution is -0.143. The molecule has 10 heteroatoms. The maximum atomic E-state index is 13.7. The molecule has 27 heavy (non-hydrogen) atoms. The molecule has 1 atom stereocenters. The van der Waals surface area contributed by atoms with E-state index in [1.165, 1.54) is 4.90 Å². The molecular weight excluding hydrogens is 366 g/mol. The number of benzene rings is 1. The van der Waals surface area contributed by atoms with Crippen molar-refractivity contribution in [2.75, 3.05) is 13.1 Å². The largest absolute Gasteiger partial charge is 0.435 e. The minimum atomic E-state index is -4.87. The van der Waals surface area contributed by atoms with E-state index in [0.717, 1.165) is 24.3 Å². The number of aromatic nitrogens is 3. The summed E-state index contributed by atoms with van der Waals surface area (Å²) < 4.78 is 54.6. The number of likely N-dealkylation sites (tertiary alicyclic amines) is 1. The smallest absolute Gasteiger partial charge is 0.337 e. The number of hydrogen-bond donors (Lipinski definition) is 1. The van der Waals surface area contributed by atoms with Crippen molar-refractivity contribution in [3.8, 4) is 5.69 Å². The summed E-state index contributed by atoms with van der Waals surface area (Å²) in [6, 6.07) is 4.13. The lowest BCUT2D eigenvalue weighted by atomic mass is 9.79. The van der Waals surface area contributed by atoms with E-state index in [4.69, 9.17) is 5.73 Å². The van der Waals surface area contributed by atoms with Crippen molar-refractivity contribution in [3.05, 3.63) is 41.5 Å². The lowest BCUT2D eigenvalue weighted by Crippen LogP contribution is -2.54. The van der Waals surface area contributed by atoms with Gasteiger partial charge < -0.3 is 10.6 Å². The highest BCUT2D eigenvalue weighted by molar-refractivity contribution is 5.93. The molecular formula is C17H19F4N5O. The summed E-state index contributed by atoms with van der Waals surface area (Å²) in [6.45, 7) is 4.17. The molecule has 2 aromatic rings. The Morgan fingerprint density at radius 1 is 1.26 bits per heavy atom. The highest BCUT2D eigenvalue weighted by atomic mass is 19.4. The summed E-state index contributed by atoms with van der Waals surface area (Å²) in [7, 11) is 0. The number of halogens is 4. The monoisotopic (exact) mass is 385 g/mol. The molecule has 6 nitrogen and oxygen atoms in total. The van der Waals surface area contributed by atoms with E-state index >= 15 is 0 Å². The van der Waals surface area contributed by atoms with Gasteiger partial charge in [0.2, 0.25) is 0 Å². The van der Waals surface area contributed by atoms with Crippen LogP contribution in [0.25, 0.3) is 5.69 Å². The zero-order chi connectivity index (χ0) is 20.0. The van der Waals surface area contributed by atoms with Crippen molar-refractivity contribution in [1.82, 2.24) is 19.9 Å². The van der Waals surface area contributed by atoms with Crippen LogP contribution < -0.4 is 5.73 Å². The topological polar surface area (TPSA) is 77.0 Å². The third-order valence-electron chi connectivity index (χ3n) is 4.81. The molecule has 3 rings (SSSR count). The average Bonchev–Trinajstić information content (AvgIpc) is 3.02. The first-order valence-electron chi connectivity index (χ1n) is 8.34. The normalized spacial score (nSPS) is 20.0. The van der Waals surface area contributed by atoms with E-state index in [-0.39, 0.29) is 24.8 Å². The molecule has 1 fully saturated rings. The second-order valence-corrected chi connectivity index (χ2v) is 7.28. The Morgan fingerprint density at radius 3 is 2.44 bits per heavy atom. The Morgan fingerprint density at radius 2 is 1.89 bits per heavy atom. The van der Waals surface area contributed by atoms with Gasteiger partial charge in [-0.3, -0.25) is 4.79 Å². The summed E-state index contributed by atoms with van der Waals surface area (Å²) in [5.74, 6) is -1.45.